The van der Waals surface area contributed by atoms with Crippen LogP contribution in [0.4, 0.5) is 0 Å². The highest BCUT2D eigenvalue weighted by atomic mass is 14.9. The molecule has 103 heavy (non-hydrogen) atoms. The van der Waals surface area contributed by atoms with Crippen LogP contribution in [0.3, 0.4) is 0 Å². The Morgan fingerprint density at radius 2 is 0.592 bits per heavy atom. The van der Waals surface area contributed by atoms with E-state index in [1.54, 1.807) is 0 Å². The summed E-state index contributed by atoms with van der Waals surface area (Å²) in [6, 6.07) is 125. The van der Waals surface area contributed by atoms with Crippen molar-refractivity contribution in [3.63, 3.8) is 0 Å². The molecule has 1 aliphatic carbocycles. The first-order valence-electron chi connectivity index (χ1n) is 36.1. The van der Waals surface area contributed by atoms with Gasteiger partial charge in [-0.2, -0.15) is 0 Å². The van der Waals surface area contributed by atoms with Crippen molar-refractivity contribution >= 4 is 174 Å². The molecule has 0 bridgehead atoms. The summed E-state index contributed by atoms with van der Waals surface area (Å²) in [5, 5.41) is 25.5. The monoisotopic (exact) mass is 1300 g/mol. The van der Waals surface area contributed by atoms with Crippen molar-refractivity contribution in [2.75, 3.05) is 0 Å². The lowest BCUT2D eigenvalue weighted by molar-refractivity contribution is 0.770. The second-order valence-electron chi connectivity index (χ2n) is 29.2. The van der Waals surface area contributed by atoms with Gasteiger partial charge < -0.3 is 17.6 Å². The highest BCUT2D eigenvalue weighted by Gasteiger charge is 2.48. The van der Waals surface area contributed by atoms with Crippen molar-refractivity contribution in [1.29, 1.82) is 0 Å². The maximum Gasteiger partial charge on any atom is 0.0714 e. The van der Waals surface area contributed by atoms with Gasteiger partial charge in [0.15, 0.2) is 0 Å². The molecule has 0 N–H and O–H groups in total. The fraction of sp³-hybridized carbons (Fsp3) is 0.0101. The second kappa shape index (κ2) is 18.7. The Morgan fingerprint density at radius 3 is 1.19 bits per heavy atom. The lowest BCUT2D eigenvalue weighted by Gasteiger charge is -2.34. The SMILES string of the molecule is c1ccc(-c2c3cc4c5cccc6c7c(-c8ccc9c(c8)C(c8ccccc8)(c8ccccc8)c8cc%10c%11c%12c%13ccccc%13n%13c%14ccccc%14c(cc%11n%11c%14ccccc%14c(c8-9)c%10%11)c%12%13)cccc7n(c4cc3c(-c3ccccc3)c3cc4c7cccc8c9ccccc9n(c4cc23)c87)c56)cc1. The summed E-state index contributed by atoms with van der Waals surface area (Å²) in [5.74, 6) is 0. The number of para-hydroxylation sites is 6. The van der Waals surface area contributed by atoms with Gasteiger partial charge >= 0.3 is 0 Å². The van der Waals surface area contributed by atoms with Gasteiger partial charge in [0.1, 0.15) is 0 Å². The quantitative estimate of drug-likeness (QED) is 0.153. The predicted octanol–water partition coefficient (Wildman–Crippen LogP) is 26.0. The maximum atomic E-state index is 2.65. The second-order valence-corrected chi connectivity index (χ2v) is 29.2. The van der Waals surface area contributed by atoms with E-state index < -0.39 is 5.41 Å². The molecule has 4 heteroatoms. The van der Waals surface area contributed by atoms with Crippen LogP contribution in [0.5, 0.6) is 0 Å². The average molecular weight is 1300 g/mol. The molecule has 0 aliphatic heterocycles. The van der Waals surface area contributed by atoms with Crippen LogP contribution in [0.15, 0.2) is 328 Å². The van der Waals surface area contributed by atoms with Crippen LogP contribution >= 0.6 is 0 Å². The Kier molecular flexibility index (Phi) is 9.68. The third-order valence-electron chi connectivity index (χ3n) is 24.7. The van der Waals surface area contributed by atoms with E-state index in [-0.39, 0.29) is 0 Å². The summed E-state index contributed by atoms with van der Waals surface area (Å²) in [5.41, 5.74) is 29.3. The normalized spacial score (nSPS) is 13.5. The molecule has 1 aliphatic rings. The van der Waals surface area contributed by atoms with Crippen LogP contribution in [0, 0.1) is 0 Å². The molecule has 8 aromatic heterocycles. The van der Waals surface area contributed by atoms with E-state index in [2.05, 4.69) is 345 Å². The van der Waals surface area contributed by atoms with E-state index in [0.29, 0.717) is 0 Å². The van der Waals surface area contributed by atoms with E-state index in [0.717, 1.165) is 0 Å². The van der Waals surface area contributed by atoms with Gasteiger partial charge in [-0.05, 0) is 161 Å². The van der Waals surface area contributed by atoms with Gasteiger partial charge in [0, 0.05) is 86.2 Å². The average Bonchev–Trinajstić information content (AvgIpc) is 1.49. The molecular formula is C99H54N4. The van der Waals surface area contributed by atoms with Crippen molar-refractivity contribution in [2.45, 2.75) is 5.41 Å². The largest absolute Gasteiger partial charge is 0.308 e. The Hall–Kier alpha value is -13.5. The van der Waals surface area contributed by atoms with Gasteiger partial charge in [-0.1, -0.05) is 255 Å². The molecule has 0 saturated carbocycles. The minimum absolute atomic E-state index is 0.719. The molecule has 0 amide bonds. The van der Waals surface area contributed by atoms with E-state index in [1.165, 1.54) is 241 Å². The lowest BCUT2D eigenvalue weighted by Crippen LogP contribution is -2.28. The van der Waals surface area contributed by atoms with Gasteiger partial charge in [-0.3, -0.25) is 0 Å². The molecule has 25 aromatic rings. The van der Waals surface area contributed by atoms with Crippen molar-refractivity contribution in [3.8, 4) is 44.5 Å². The Balaban J connectivity index is 0.761. The van der Waals surface area contributed by atoms with Gasteiger partial charge in [0.2, 0.25) is 0 Å². The van der Waals surface area contributed by atoms with Crippen LogP contribution < -0.4 is 0 Å². The molecule has 26 rings (SSSR count). The van der Waals surface area contributed by atoms with Crippen LogP contribution in [0.25, 0.3) is 218 Å². The van der Waals surface area contributed by atoms with E-state index in [1.807, 2.05) is 0 Å². The smallest absolute Gasteiger partial charge is 0.0714 e. The molecule has 4 nitrogen and oxygen atoms in total. The summed E-state index contributed by atoms with van der Waals surface area (Å²) >= 11 is 0. The molecular weight excluding hydrogens is 1250 g/mol. The van der Waals surface area contributed by atoms with Crippen molar-refractivity contribution in [3.05, 3.63) is 350 Å². The highest BCUT2D eigenvalue weighted by Crippen LogP contribution is 2.63. The number of hydrogen-bond donors (Lipinski definition) is 0. The van der Waals surface area contributed by atoms with Crippen LogP contribution in [-0.2, 0) is 5.41 Å². The number of aromatic nitrogens is 4. The fourth-order valence-corrected chi connectivity index (χ4v) is 20.9. The molecule has 17 aromatic carbocycles. The Labute approximate surface area is 587 Å². The summed E-state index contributed by atoms with van der Waals surface area (Å²) in [7, 11) is 0. The van der Waals surface area contributed by atoms with Crippen LogP contribution in [0.1, 0.15) is 22.3 Å². The zero-order chi connectivity index (χ0) is 66.4. The molecule has 0 fully saturated rings. The van der Waals surface area contributed by atoms with E-state index in [9.17, 15) is 0 Å². The molecule has 0 saturated heterocycles. The summed E-state index contributed by atoms with van der Waals surface area (Å²) in [6.07, 6.45) is 0. The maximum absolute atomic E-state index is 2.65. The standard InChI is InChI=1S/C99H54N4/c1-5-24-55(25-6-1)88-73-50-71-65-39-22-40-69-90-60(36-23-45-84(90)103(96(65)69)86(71)53-75(73)89(56-26-7-2-8-27-56)72-49-70-64-38-21-37-63-61-32-13-17-41-80(61)101(95(63)64)85(70)52-74(72)88)57-46-47-66-78(48-57)99(58-28-9-3-10-29-58,59-30-11-4-12-31-59)79-51-77-92-87(102-83-44-20-15-34-67(83)93(91(66)79)98(77)102)54-76-62-33-14-18-42-81(62)100-82-43-19-16-35-68(82)94(92)97(76)100/h1-54H. The minimum Gasteiger partial charge on any atom is -0.308 e. The summed E-state index contributed by atoms with van der Waals surface area (Å²) in [4.78, 5) is 0. The first kappa shape index (κ1) is 53.4. The van der Waals surface area contributed by atoms with Gasteiger partial charge in [-0.25, -0.2) is 0 Å². The zero-order valence-electron chi connectivity index (χ0n) is 55.5. The van der Waals surface area contributed by atoms with E-state index >= 15 is 0 Å². The first-order chi connectivity index (χ1) is 51.2. The molecule has 0 spiro atoms. The van der Waals surface area contributed by atoms with Gasteiger partial charge in [-0.15, -0.1) is 0 Å². The Morgan fingerprint density at radius 1 is 0.175 bits per heavy atom. The van der Waals surface area contributed by atoms with Gasteiger partial charge in [0.25, 0.3) is 0 Å². The fourth-order valence-electron chi connectivity index (χ4n) is 20.9. The molecule has 0 radical (unpaired) electrons. The number of rotatable bonds is 5. The topological polar surface area (TPSA) is 17.6 Å². The van der Waals surface area contributed by atoms with Gasteiger partial charge in [0.05, 0.1) is 71.6 Å². The van der Waals surface area contributed by atoms with Crippen LogP contribution in [0.2, 0.25) is 0 Å². The number of benzene rings is 17. The van der Waals surface area contributed by atoms with E-state index in [4.69, 9.17) is 0 Å². The third kappa shape index (κ3) is 6.24. The van der Waals surface area contributed by atoms with Crippen molar-refractivity contribution < 1.29 is 0 Å². The molecule has 470 valence electrons. The third-order valence-corrected chi connectivity index (χ3v) is 24.7. The number of hydrogen-bond acceptors (Lipinski definition) is 0. The molecule has 0 unspecified atom stereocenters. The molecule has 8 heterocycles. The number of fused-ring (bicyclic) bond motifs is 31. The van der Waals surface area contributed by atoms with Crippen molar-refractivity contribution in [2.24, 2.45) is 0 Å². The summed E-state index contributed by atoms with van der Waals surface area (Å²) < 4.78 is 10.3. The predicted molar refractivity (Wildman–Crippen MR) is 434 cm³/mol. The first-order valence-corrected chi connectivity index (χ1v) is 36.1. The minimum atomic E-state index is -0.719. The lowest BCUT2D eigenvalue weighted by atomic mass is 9.67. The van der Waals surface area contributed by atoms with Crippen molar-refractivity contribution in [1.82, 2.24) is 17.6 Å². The van der Waals surface area contributed by atoms with Crippen LogP contribution in [-0.4, -0.2) is 17.6 Å². The summed E-state index contributed by atoms with van der Waals surface area (Å²) in [6.45, 7) is 0. The highest BCUT2D eigenvalue weighted by molar-refractivity contribution is 6.40. The Bertz CT molecular complexity index is 8030. The number of nitrogens with zero attached hydrogens (tertiary/aromatic N) is 4. The zero-order valence-corrected chi connectivity index (χ0v) is 55.5. The molecule has 0 atom stereocenters.